The molecular formula is C12H17ClN2O2S. The number of hydrogen-bond acceptors (Lipinski definition) is 4. The average molecular weight is 289 g/mol. The number of benzene rings is 1. The quantitative estimate of drug-likeness (QED) is 0.887. The van der Waals surface area contributed by atoms with Gasteiger partial charge < -0.3 is 11.1 Å². The van der Waals surface area contributed by atoms with Gasteiger partial charge in [0, 0.05) is 6.54 Å². The van der Waals surface area contributed by atoms with Crippen LogP contribution in [0.25, 0.3) is 0 Å². The molecule has 1 heterocycles. The van der Waals surface area contributed by atoms with E-state index in [0.29, 0.717) is 24.4 Å². The number of nitrogens with one attached hydrogen (secondary N) is 1. The molecule has 0 bridgehead atoms. The molecule has 0 unspecified atom stereocenters. The van der Waals surface area contributed by atoms with Crippen molar-refractivity contribution < 1.29 is 8.42 Å². The Morgan fingerprint density at radius 1 is 1.28 bits per heavy atom. The highest BCUT2D eigenvalue weighted by Crippen LogP contribution is 2.30. The Balaban J connectivity index is 2.18. The lowest BCUT2D eigenvalue weighted by Gasteiger charge is -2.38. The summed E-state index contributed by atoms with van der Waals surface area (Å²) < 4.78 is 23.0. The van der Waals surface area contributed by atoms with Crippen molar-refractivity contribution >= 4 is 27.1 Å². The van der Waals surface area contributed by atoms with Gasteiger partial charge >= 0.3 is 0 Å². The molecule has 1 aromatic carbocycles. The van der Waals surface area contributed by atoms with Gasteiger partial charge in [0.1, 0.15) is 0 Å². The molecule has 0 saturated carbocycles. The third-order valence-corrected chi connectivity index (χ3v) is 5.43. The zero-order valence-corrected chi connectivity index (χ0v) is 11.6. The van der Waals surface area contributed by atoms with E-state index in [1.165, 1.54) is 0 Å². The lowest BCUT2D eigenvalue weighted by atomic mass is 9.92. The molecule has 4 nitrogen and oxygen atoms in total. The van der Waals surface area contributed by atoms with E-state index in [2.05, 4.69) is 5.32 Å². The SMILES string of the molecule is NCC1(Nc2ccccc2Cl)CCS(=O)(=O)CC1. The summed E-state index contributed by atoms with van der Waals surface area (Å²) in [6.07, 6.45) is 1.05. The molecule has 1 aliphatic heterocycles. The fraction of sp³-hybridized carbons (Fsp3) is 0.500. The average Bonchev–Trinajstić information content (AvgIpc) is 2.35. The predicted molar refractivity (Wildman–Crippen MR) is 74.7 cm³/mol. The number of hydrogen-bond donors (Lipinski definition) is 2. The minimum Gasteiger partial charge on any atom is -0.377 e. The summed E-state index contributed by atoms with van der Waals surface area (Å²) >= 11 is 6.10. The van der Waals surface area contributed by atoms with Gasteiger partial charge in [-0.25, -0.2) is 8.42 Å². The van der Waals surface area contributed by atoms with Crippen LogP contribution in [0.5, 0.6) is 0 Å². The summed E-state index contributed by atoms with van der Waals surface area (Å²) in [4.78, 5) is 0. The topological polar surface area (TPSA) is 72.2 Å². The van der Waals surface area contributed by atoms with E-state index in [1.54, 1.807) is 6.07 Å². The molecule has 1 aliphatic rings. The van der Waals surface area contributed by atoms with Gasteiger partial charge in [-0.15, -0.1) is 0 Å². The van der Waals surface area contributed by atoms with Gasteiger partial charge in [-0.2, -0.15) is 0 Å². The highest BCUT2D eigenvalue weighted by molar-refractivity contribution is 7.91. The van der Waals surface area contributed by atoms with E-state index in [4.69, 9.17) is 17.3 Å². The minimum absolute atomic E-state index is 0.182. The van der Waals surface area contributed by atoms with Crippen LogP contribution >= 0.6 is 11.6 Å². The van der Waals surface area contributed by atoms with Gasteiger partial charge in [0.05, 0.1) is 27.8 Å². The van der Waals surface area contributed by atoms with Crippen molar-refractivity contribution in [3.63, 3.8) is 0 Å². The highest BCUT2D eigenvalue weighted by Gasteiger charge is 2.36. The molecule has 0 spiro atoms. The van der Waals surface area contributed by atoms with Gasteiger partial charge in [0.25, 0.3) is 0 Å². The first-order valence-electron chi connectivity index (χ1n) is 5.90. The van der Waals surface area contributed by atoms with Gasteiger partial charge in [-0.1, -0.05) is 23.7 Å². The number of halogens is 1. The monoisotopic (exact) mass is 288 g/mol. The summed E-state index contributed by atoms with van der Waals surface area (Å²) in [6, 6.07) is 7.42. The Bertz CT molecular complexity index is 517. The smallest absolute Gasteiger partial charge is 0.150 e. The summed E-state index contributed by atoms with van der Waals surface area (Å²) in [5, 5.41) is 3.95. The molecule has 0 aliphatic carbocycles. The zero-order valence-electron chi connectivity index (χ0n) is 10.0. The van der Waals surface area contributed by atoms with E-state index in [0.717, 1.165) is 5.69 Å². The van der Waals surface area contributed by atoms with Crippen LogP contribution < -0.4 is 11.1 Å². The van der Waals surface area contributed by atoms with Crippen molar-refractivity contribution in [3.05, 3.63) is 29.3 Å². The number of nitrogens with two attached hydrogens (primary N) is 1. The van der Waals surface area contributed by atoms with Crippen LogP contribution in [-0.4, -0.2) is 32.0 Å². The Hall–Kier alpha value is -0.780. The molecule has 2 rings (SSSR count). The van der Waals surface area contributed by atoms with E-state index in [9.17, 15) is 8.42 Å². The van der Waals surface area contributed by atoms with Crippen molar-refractivity contribution in [3.8, 4) is 0 Å². The maximum Gasteiger partial charge on any atom is 0.150 e. The number of sulfone groups is 1. The van der Waals surface area contributed by atoms with E-state index in [1.807, 2.05) is 18.2 Å². The lowest BCUT2D eigenvalue weighted by Crippen LogP contribution is -2.51. The van der Waals surface area contributed by atoms with Crippen LogP contribution in [0.4, 0.5) is 5.69 Å². The third kappa shape index (κ3) is 2.96. The van der Waals surface area contributed by atoms with Crippen LogP contribution in [0.3, 0.4) is 0 Å². The molecule has 3 N–H and O–H groups in total. The molecule has 0 amide bonds. The fourth-order valence-corrected chi connectivity index (χ4v) is 3.95. The molecule has 6 heteroatoms. The molecule has 0 atom stereocenters. The third-order valence-electron chi connectivity index (χ3n) is 3.45. The maximum atomic E-state index is 11.5. The largest absolute Gasteiger partial charge is 0.377 e. The van der Waals surface area contributed by atoms with Gasteiger partial charge in [0.2, 0.25) is 0 Å². The Morgan fingerprint density at radius 3 is 2.44 bits per heavy atom. The second kappa shape index (κ2) is 5.07. The molecule has 1 fully saturated rings. The number of para-hydroxylation sites is 1. The molecule has 1 aromatic rings. The van der Waals surface area contributed by atoms with E-state index >= 15 is 0 Å². The summed E-state index contributed by atoms with van der Waals surface area (Å²) in [5.74, 6) is 0.364. The van der Waals surface area contributed by atoms with Crippen molar-refractivity contribution in [1.82, 2.24) is 0 Å². The van der Waals surface area contributed by atoms with Crippen molar-refractivity contribution in [2.75, 3.05) is 23.4 Å². The standard InChI is InChI=1S/C12H17ClN2O2S/c13-10-3-1-2-4-11(10)15-12(9-14)5-7-18(16,17)8-6-12/h1-4,15H,5-9,14H2. The Kier molecular flexibility index (Phi) is 3.84. The van der Waals surface area contributed by atoms with Crippen LogP contribution in [0.15, 0.2) is 24.3 Å². The van der Waals surface area contributed by atoms with Gasteiger partial charge in [-0.3, -0.25) is 0 Å². The fourth-order valence-electron chi connectivity index (χ4n) is 2.16. The van der Waals surface area contributed by atoms with Gasteiger partial charge in [-0.05, 0) is 25.0 Å². The number of anilines is 1. The van der Waals surface area contributed by atoms with Crippen LogP contribution in [0.2, 0.25) is 5.02 Å². The molecule has 1 saturated heterocycles. The highest BCUT2D eigenvalue weighted by atomic mass is 35.5. The van der Waals surface area contributed by atoms with Crippen LogP contribution in [0.1, 0.15) is 12.8 Å². The zero-order chi connectivity index (χ0) is 13.2. The van der Waals surface area contributed by atoms with Crippen LogP contribution in [0, 0.1) is 0 Å². The molecule has 100 valence electrons. The maximum absolute atomic E-state index is 11.5. The Morgan fingerprint density at radius 2 is 1.89 bits per heavy atom. The van der Waals surface area contributed by atoms with E-state index < -0.39 is 9.84 Å². The molecule has 0 aromatic heterocycles. The van der Waals surface area contributed by atoms with Crippen molar-refractivity contribution in [1.29, 1.82) is 0 Å². The summed E-state index contributed by atoms with van der Waals surface area (Å²) in [7, 11) is -2.89. The number of rotatable bonds is 3. The molecular weight excluding hydrogens is 272 g/mol. The first kappa shape index (κ1) is 13.6. The summed E-state index contributed by atoms with van der Waals surface area (Å²) in [5.41, 5.74) is 6.27. The second-order valence-electron chi connectivity index (χ2n) is 4.74. The Labute approximate surface area is 112 Å². The first-order chi connectivity index (χ1) is 8.46. The van der Waals surface area contributed by atoms with Crippen LogP contribution in [-0.2, 0) is 9.84 Å². The second-order valence-corrected chi connectivity index (χ2v) is 7.45. The van der Waals surface area contributed by atoms with Crippen molar-refractivity contribution in [2.24, 2.45) is 5.73 Å². The van der Waals surface area contributed by atoms with Crippen molar-refractivity contribution in [2.45, 2.75) is 18.4 Å². The summed E-state index contributed by atoms with van der Waals surface area (Å²) in [6.45, 7) is 0.397. The van der Waals surface area contributed by atoms with E-state index in [-0.39, 0.29) is 17.0 Å². The minimum atomic E-state index is -2.89. The molecule has 18 heavy (non-hydrogen) atoms. The lowest BCUT2D eigenvalue weighted by molar-refractivity contribution is 0.426. The predicted octanol–water partition coefficient (Wildman–Crippen LogP) is 1.66. The van der Waals surface area contributed by atoms with Gasteiger partial charge in [0.15, 0.2) is 9.84 Å². The normalized spacial score (nSPS) is 21.4. The molecule has 0 radical (unpaired) electrons. The first-order valence-corrected chi connectivity index (χ1v) is 8.10.